The first kappa shape index (κ1) is 31.3. The molecule has 3 aliphatic rings. The van der Waals surface area contributed by atoms with Crippen LogP contribution < -0.4 is 5.69 Å². The van der Waals surface area contributed by atoms with Crippen LogP contribution in [-0.2, 0) is 11.3 Å². The molecule has 1 aromatic heterocycles. The van der Waals surface area contributed by atoms with Crippen molar-refractivity contribution >= 4 is 46.6 Å². The number of nitrogens with one attached hydrogen (secondary N) is 1. The Hall–Kier alpha value is -2.73. The summed E-state index contributed by atoms with van der Waals surface area (Å²) in [5.74, 6) is 0. The van der Waals surface area contributed by atoms with E-state index in [9.17, 15) is 19.5 Å². The van der Waals surface area contributed by atoms with E-state index in [4.69, 9.17) is 23.2 Å². The Morgan fingerprint density at radius 2 is 1.75 bits per heavy atom. The van der Waals surface area contributed by atoms with Crippen LogP contribution in [0.2, 0.25) is 10.0 Å². The molecule has 3 fully saturated rings. The maximum Gasteiger partial charge on any atom is 0.515 e. The number of likely N-dealkylation sites (tertiary alicyclic amines) is 2. The number of rotatable bonds is 7. The highest BCUT2D eigenvalue weighted by atomic mass is 35.5. The van der Waals surface area contributed by atoms with Crippen molar-refractivity contribution < 1.29 is 19.2 Å². The van der Waals surface area contributed by atoms with Gasteiger partial charge in [-0.25, -0.2) is 14.2 Å². The molecule has 3 atom stereocenters. The Balaban J connectivity index is 1.41. The van der Waals surface area contributed by atoms with Crippen molar-refractivity contribution in [3.63, 3.8) is 0 Å². The molecule has 0 spiro atoms. The number of aldehydes is 1. The number of benzene rings is 2. The second kappa shape index (κ2) is 12.6. The number of aromatic amines is 1. The Labute approximate surface area is 267 Å². The van der Waals surface area contributed by atoms with Crippen LogP contribution in [0.1, 0.15) is 43.7 Å². The molecule has 0 saturated carbocycles. The molecule has 0 bridgehead atoms. The van der Waals surface area contributed by atoms with E-state index < -0.39 is 11.8 Å². The summed E-state index contributed by atoms with van der Waals surface area (Å²) in [6, 6.07) is 13.0. The molecule has 3 aliphatic heterocycles. The molecule has 6 rings (SSSR count). The van der Waals surface area contributed by atoms with Crippen LogP contribution in [0.25, 0.3) is 11.0 Å². The van der Waals surface area contributed by atoms with Crippen molar-refractivity contribution in [3.05, 3.63) is 68.6 Å². The third-order valence-electron chi connectivity index (χ3n) is 10.5. The van der Waals surface area contributed by atoms with Crippen LogP contribution in [0.15, 0.2) is 47.3 Å². The van der Waals surface area contributed by atoms with Gasteiger partial charge in [0.15, 0.2) is 5.66 Å². The van der Waals surface area contributed by atoms with E-state index in [1.165, 1.54) is 0 Å². The normalized spacial score (nSPS) is 27.9. The molecule has 10 nitrogen and oxygen atoms in total. The van der Waals surface area contributed by atoms with Crippen LogP contribution in [-0.4, -0.2) is 111 Å². The molecule has 236 valence electrons. The van der Waals surface area contributed by atoms with Crippen molar-refractivity contribution in [2.75, 3.05) is 52.9 Å². The van der Waals surface area contributed by atoms with Crippen LogP contribution in [0.3, 0.4) is 0 Å². The maximum atomic E-state index is 13.7. The summed E-state index contributed by atoms with van der Waals surface area (Å²) in [7, 11) is 2.16. The molecule has 44 heavy (non-hydrogen) atoms. The van der Waals surface area contributed by atoms with Crippen molar-refractivity contribution in [1.29, 1.82) is 0 Å². The quantitative estimate of drug-likeness (QED) is 0.285. The number of quaternary nitrogens is 1. The summed E-state index contributed by atoms with van der Waals surface area (Å²) in [4.78, 5) is 49.8. The van der Waals surface area contributed by atoms with Gasteiger partial charge in [0.25, 0.3) is 0 Å². The van der Waals surface area contributed by atoms with Crippen LogP contribution in [0.5, 0.6) is 0 Å². The molecule has 12 heteroatoms. The lowest BCUT2D eigenvalue weighted by Gasteiger charge is -2.59. The van der Waals surface area contributed by atoms with Crippen LogP contribution in [0.4, 0.5) is 4.79 Å². The molecule has 0 radical (unpaired) electrons. The van der Waals surface area contributed by atoms with Gasteiger partial charge >= 0.3 is 11.8 Å². The average molecular weight is 645 g/mol. The Morgan fingerprint density at radius 3 is 2.43 bits per heavy atom. The first-order valence-electron chi connectivity index (χ1n) is 15.5. The highest BCUT2D eigenvalue weighted by molar-refractivity contribution is 6.42. The van der Waals surface area contributed by atoms with Gasteiger partial charge in [-0.15, -0.1) is 0 Å². The number of carbonyl (C=O) groups excluding carboxylic acids is 1. The number of H-pyrrole nitrogens is 1. The SMILES string of the molecule is CN1CCC(N2CCN(C3(CC=O)CC(n4c(=O)[nH]c5ccccc54)CC[N@+]3(Cc3ccc(Cl)c(Cl)c3)C(=O)O)CC2)CC1. The monoisotopic (exact) mass is 643 g/mol. The van der Waals surface area contributed by atoms with E-state index in [0.29, 0.717) is 42.0 Å². The number of piperidine rings is 2. The predicted molar refractivity (Wildman–Crippen MR) is 171 cm³/mol. The first-order valence-corrected chi connectivity index (χ1v) is 16.3. The number of carbonyl (C=O) groups is 2. The smallest absolute Gasteiger partial charge is 0.435 e. The lowest BCUT2D eigenvalue weighted by atomic mass is 9.82. The number of carboxylic acid groups (broad SMARTS) is 1. The standard InChI is InChI=1S/C32H40Cl2N6O4/c1-36-12-8-24(9-13-36)37-14-16-38(17-15-37)32(11-19-41)21-25(39-29-5-3-2-4-28(29)35-30(39)42)10-18-40(32,31(43)44)22-23-6-7-26(33)27(34)20-23/h2-7,19-20,24-25H,8-18,21-22H2,1H3,(H-,35,42,43,44)/p+1/t25?,32?,40-/m0/s1. The molecule has 3 aromatic rings. The van der Waals surface area contributed by atoms with E-state index in [0.717, 1.165) is 61.9 Å². The largest absolute Gasteiger partial charge is 0.515 e. The van der Waals surface area contributed by atoms with Gasteiger partial charge in [-0.3, -0.25) is 9.47 Å². The number of piperazine rings is 1. The van der Waals surface area contributed by atoms with Crippen LogP contribution in [0, 0.1) is 0 Å². The zero-order valence-electron chi connectivity index (χ0n) is 25.1. The number of hydrogen-bond acceptors (Lipinski definition) is 6. The zero-order chi connectivity index (χ0) is 31.1. The topological polar surface area (TPSA) is 102 Å². The Kier molecular flexibility index (Phi) is 8.94. The Morgan fingerprint density at radius 1 is 1.02 bits per heavy atom. The van der Waals surface area contributed by atoms with E-state index in [1.54, 1.807) is 16.7 Å². The lowest BCUT2D eigenvalue weighted by Crippen LogP contribution is -2.77. The van der Waals surface area contributed by atoms with E-state index in [-0.39, 0.29) is 35.7 Å². The van der Waals surface area contributed by atoms with Gasteiger partial charge in [-0.1, -0.05) is 41.4 Å². The fourth-order valence-corrected chi connectivity index (χ4v) is 8.51. The van der Waals surface area contributed by atoms with Gasteiger partial charge in [0.05, 0.1) is 40.1 Å². The number of nitrogens with zero attached hydrogens (tertiary/aromatic N) is 5. The van der Waals surface area contributed by atoms with E-state index in [2.05, 4.69) is 26.7 Å². The molecule has 2 aromatic carbocycles. The third kappa shape index (κ3) is 5.50. The van der Waals surface area contributed by atoms with Crippen molar-refractivity contribution in [2.45, 2.75) is 56.4 Å². The average Bonchev–Trinajstić information content (AvgIpc) is 3.36. The fourth-order valence-electron chi connectivity index (χ4n) is 8.19. The Bertz CT molecular complexity index is 1580. The van der Waals surface area contributed by atoms with Crippen molar-refractivity contribution in [1.82, 2.24) is 24.3 Å². The van der Waals surface area contributed by atoms with E-state index in [1.807, 2.05) is 30.3 Å². The van der Waals surface area contributed by atoms with Gasteiger partial charge < -0.3 is 19.8 Å². The number of halogens is 2. The number of hydrogen-bond donors (Lipinski definition) is 2. The second-order valence-electron chi connectivity index (χ2n) is 12.8. The highest BCUT2D eigenvalue weighted by Gasteiger charge is 2.63. The minimum absolute atomic E-state index is 0.0302. The molecule has 2 unspecified atom stereocenters. The predicted octanol–water partition coefficient (Wildman–Crippen LogP) is 4.66. The van der Waals surface area contributed by atoms with Crippen LogP contribution >= 0.6 is 23.2 Å². The molecule has 4 heterocycles. The van der Waals surface area contributed by atoms with E-state index >= 15 is 0 Å². The number of para-hydroxylation sites is 2. The number of aromatic nitrogens is 2. The molecular weight excluding hydrogens is 603 g/mol. The minimum Gasteiger partial charge on any atom is -0.435 e. The molecular formula is C32H41Cl2N6O4+. The molecule has 0 aliphatic carbocycles. The number of fused-ring (bicyclic) bond motifs is 1. The zero-order valence-corrected chi connectivity index (χ0v) is 26.6. The summed E-state index contributed by atoms with van der Waals surface area (Å²) in [5, 5.41) is 11.9. The maximum absolute atomic E-state index is 13.7. The summed E-state index contributed by atoms with van der Waals surface area (Å²) >= 11 is 12.6. The summed E-state index contributed by atoms with van der Waals surface area (Å²) in [6.45, 7) is 5.43. The van der Waals surface area contributed by atoms with Gasteiger partial charge in [0.2, 0.25) is 0 Å². The third-order valence-corrected chi connectivity index (χ3v) is 11.3. The molecule has 3 saturated heterocycles. The van der Waals surface area contributed by atoms with Crippen molar-refractivity contribution in [3.8, 4) is 0 Å². The number of imidazole rings is 1. The van der Waals surface area contributed by atoms with Gasteiger partial charge in [0, 0.05) is 50.6 Å². The lowest BCUT2D eigenvalue weighted by molar-refractivity contribution is -0.942. The first-order chi connectivity index (χ1) is 21.2. The van der Waals surface area contributed by atoms with Crippen molar-refractivity contribution in [2.24, 2.45) is 0 Å². The highest BCUT2D eigenvalue weighted by Crippen LogP contribution is 2.47. The summed E-state index contributed by atoms with van der Waals surface area (Å²) in [5.41, 5.74) is 0.965. The summed E-state index contributed by atoms with van der Waals surface area (Å²) < 4.78 is 1.43. The minimum atomic E-state index is -1.08. The second-order valence-corrected chi connectivity index (χ2v) is 13.6. The van der Waals surface area contributed by atoms with Gasteiger partial charge in [-0.05, 0) is 57.2 Å². The van der Waals surface area contributed by atoms with Gasteiger partial charge in [-0.2, -0.15) is 4.79 Å². The molecule has 1 amide bonds. The molecule has 2 N–H and O–H groups in total. The number of amides is 1. The van der Waals surface area contributed by atoms with Gasteiger partial charge in [0.1, 0.15) is 12.8 Å². The summed E-state index contributed by atoms with van der Waals surface area (Å²) in [6.07, 6.45) is 2.96. The fraction of sp³-hybridized carbons (Fsp3) is 0.531.